The lowest BCUT2D eigenvalue weighted by Crippen LogP contribution is -1.98. The first-order chi connectivity index (χ1) is 8.06. The number of rotatable bonds is 2. The molecule has 0 aliphatic heterocycles. The minimum Gasteiger partial charge on any atom is -0.397 e. The summed E-state index contributed by atoms with van der Waals surface area (Å²) in [5, 5.41) is 3.16. The molecule has 0 heterocycles. The Labute approximate surface area is 100 Å². The molecule has 0 aromatic heterocycles. The van der Waals surface area contributed by atoms with Crippen LogP contribution in [0.5, 0.6) is 0 Å². The average Bonchev–Trinajstić information content (AvgIpc) is 2.28. The minimum absolute atomic E-state index is 0.299. The highest BCUT2D eigenvalue weighted by molar-refractivity contribution is 5.74. The number of nitrogens with one attached hydrogen (secondary N) is 1. The van der Waals surface area contributed by atoms with Crippen LogP contribution in [0.4, 0.5) is 21.5 Å². The van der Waals surface area contributed by atoms with Gasteiger partial charge in [-0.05, 0) is 49.2 Å². The van der Waals surface area contributed by atoms with E-state index < -0.39 is 0 Å². The fourth-order valence-electron chi connectivity index (χ4n) is 1.65. The summed E-state index contributed by atoms with van der Waals surface area (Å²) in [7, 11) is 0. The van der Waals surface area contributed by atoms with E-state index in [1.165, 1.54) is 12.1 Å². The number of nitrogens with two attached hydrogens (primary N) is 1. The number of nitrogen functional groups attached to an aromatic ring is 1. The molecule has 0 unspecified atom stereocenters. The van der Waals surface area contributed by atoms with Crippen molar-refractivity contribution >= 4 is 17.1 Å². The molecule has 88 valence electrons. The second kappa shape index (κ2) is 4.45. The van der Waals surface area contributed by atoms with Crippen molar-refractivity contribution in [1.29, 1.82) is 0 Å². The second-order valence-corrected chi connectivity index (χ2v) is 4.17. The third-order valence-electron chi connectivity index (χ3n) is 2.68. The van der Waals surface area contributed by atoms with Crippen LogP contribution in [0.1, 0.15) is 11.1 Å². The topological polar surface area (TPSA) is 38.0 Å². The molecule has 3 heteroatoms. The largest absolute Gasteiger partial charge is 0.397 e. The Morgan fingerprint density at radius 1 is 1.00 bits per heavy atom. The number of benzene rings is 2. The summed E-state index contributed by atoms with van der Waals surface area (Å²) in [5.41, 5.74) is 10.1. The van der Waals surface area contributed by atoms with Gasteiger partial charge in [-0.3, -0.25) is 0 Å². The van der Waals surface area contributed by atoms with E-state index in [1.54, 1.807) is 6.07 Å². The molecule has 3 N–H and O–H groups in total. The van der Waals surface area contributed by atoms with Gasteiger partial charge in [0.25, 0.3) is 0 Å². The van der Waals surface area contributed by atoms with Crippen molar-refractivity contribution in [1.82, 2.24) is 0 Å². The number of hydrogen-bond donors (Lipinski definition) is 2. The first-order valence-corrected chi connectivity index (χ1v) is 5.45. The minimum atomic E-state index is -0.299. The summed E-state index contributed by atoms with van der Waals surface area (Å²) >= 11 is 0. The summed E-state index contributed by atoms with van der Waals surface area (Å²) in [4.78, 5) is 0. The first-order valence-electron chi connectivity index (χ1n) is 5.45. The van der Waals surface area contributed by atoms with Gasteiger partial charge < -0.3 is 11.1 Å². The molecule has 0 saturated heterocycles. The van der Waals surface area contributed by atoms with Crippen molar-refractivity contribution in [2.45, 2.75) is 13.8 Å². The zero-order valence-electron chi connectivity index (χ0n) is 9.92. The molecular weight excluding hydrogens is 215 g/mol. The molecule has 2 rings (SSSR count). The Kier molecular flexibility index (Phi) is 3.00. The highest BCUT2D eigenvalue weighted by atomic mass is 19.1. The van der Waals surface area contributed by atoms with Gasteiger partial charge >= 0.3 is 0 Å². The number of anilines is 3. The lowest BCUT2D eigenvalue weighted by molar-refractivity contribution is 0.628. The van der Waals surface area contributed by atoms with E-state index in [2.05, 4.69) is 5.32 Å². The van der Waals surface area contributed by atoms with Gasteiger partial charge in [0.15, 0.2) is 0 Å². The van der Waals surface area contributed by atoms with Gasteiger partial charge in [-0.1, -0.05) is 12.1 Å². The quantitative estimate of drug-likeness (QED) is 0.771. The monoisotopic (exact) mass is 230 g/mol. The number of hydrogen-bond acceptors (Lipinski definition) is 2. The SMILES string of the molecule is Cc1ccc(C)c(Nc2cc(F)ccc2N)c1. The predicted molar refractivity (Wildman–Crippen MR) is 70.0 cm³/mol. The van der Waals surface area contributed by atoms with E-state index in [1.807, 2.05) is 32.0 Å². The van der Waals surface area contributed by atoms with Crippen molar-refractivity contribution in [2.75, 3.05) is 11.1 Å². The molecule has 0 bridgehead atoms. The van der Waals surface area contributed by atoms with Gasteiger partial charge in [0.1, 0.15) is 5.82 Å². The maximum absolute atomic E-state index is 13.1. The molecule has 2 aromatic carbocycles. The van der Waals surface area contributed by atoms with Crippen molar-refractivity contribution in [3.05, 3.63) is 53.3 Å². The molecule has 0 radical (unpaired) electrons. The molecule has 0 fully saturated rings. The van der Waals surface area contributed by atoms with Crippen molar-refractivity contribution in [3.63, 3.8) is 0 Å². The fraction of sp³-hybridized carbons (Fsp3) is 0.143. The van der Waals surface area contributed by atoms with Crippen LogP contribution in [0.3, 0.4) is 0 Å². The highest BCUT2D eigenvalue weighted by Gasteiger charge is 2.04. The van der Waals surface area contributed by atoms with Crippen LogP contribution < -0.4 is 11.1 Å². The van der Waals surface area contributed by atoms with Crippen molar-refractivity contribution in [3.8, 4) is 0 Å². The summed E-state index contributed by atoms with van der Waals surface area (Å²) in [6.45, 7) is 4.01. The van der Waals surface area contributed by atoms with Crippen molar-refractivity contribution in [2.24, 2.45) is 0 Å². The number of aryl methyl sites for hydroxylation is 2. The van der Waals surface area contributed by atoms with Gasteiger partial charge in [-0.25, -0.2) is 4.39 Å². The maximum atomic E-state index is 13.1. The van der Waals surface area contributed by atoms with Crippen LogP contribution in [-0.4, -0.2) is 0 Å². The smallest absolute Gasteiger partial charge is 0.125 e. The Bertz CT molecular complexity index is 500. The third-order valence-corrected chi connectivity index (χ3v) is 2.68. The summed E-state index contributed by atoms with van der Waals surface area (Å²) in [6.07, 6.45) is 0. The van der Waals surface area contributed by atoms with Crippen LogP contribution in [0.15, 0.2) is 36.4 Å². The second-order valence-electron chi connectivity index (χ2n) is 4.17. The van der Waals surface area contributed by atoms with Crippen LogP contribution in [-0.2, 0) is 0 Å². The van der Waals surface area contributed by atoms with Gasteiger partial charge in [-0.15, -0.1) is 0 Å². The predicted octanol–water partition coefficient (Wildman–Crippen LogP) is 3.77. The molecule has 2 nitrogen and oxygen atoms in total. The van der Waals surface area contributed by atoms with Gasteiger partial charge in [-0.2, -0.15) is 0 Å². The average molecular weight is 230 g/mol. The molecular formula is C14H15FN2. The van der Waals surface area contributed by atoms with Crippen LogP contribution in [0, 0.1) is 19.7 Å². The summed E-state index contributed by atoms with van der Waals surface area (Å²) in [6, 6.07) is 10.4. The highest BCUT2D eigenvalue weighted by Crippen LogP contribution is 2.26. The van der Waals surface area contributed by atoms with Gasteiger partial charge in [0, 0.05) is 5.69 Å². The standard InChI is InChI=1S/C14H15FN2/c1-9-3-4-10(2)13(7-9)17-14-8-11(15)5-6-12(14)16/h3-8,17H,16H2,1-2H3. The van der Waals surface area contributed by atoms with E-state index in [0.717, 1.165) is 16.8 Å². The van der Waals surface area contributed by atoms with E-state index in [0.29, 0.717) is 11.4 Å². The normalized spacial score (nSPS) is 10.3. The Hall–Kier alpha value is -2.03. The maximum Gasteiger partial charge on any atom is 0.125 e. The van der Waals surface area contributed by atoms with E-state index in [9.17, 15) is 4.39 Å². The molecule has 0 aliphatic rings. The molecule has 0 amide bonds. The Morgan fingerprint density at radius 3 is 2.53 bits per heavy atom. The Morgan fingerprint density at radius 2 is 1.76 bits per heavy atom. The van der Waals surface area contributed by atoms with Gasteiger partial charge in [0.2, 0.25) is 0 Å². The van der Waals surface area contributed by atoms with Crippen LogP contribution in [0.25, 0.3) is 0 Å². The molecule has 0 aliphatic carbocycles. The van der Waals surface area contributed by atoms with E-state index in [4.69, 9.17) is 5.73 Å². The molecule has 0 spiro atoms. The van der Waals surface area contributed by atoms with Crippen LogP contribution in [0.2, 0.25) is 0 Å². The van der Waals surface area contributed by atoms with E-state index in [-0.39, 0.29) is 5.82 Å². The summed E-state index contributed by atoms with van der Waals surface area (Å²) < 4.78 is 13.1. The number of halogens is 1. The molecule has 17 heavy (non-hydrogen) atoms. The molecule has 0 saturated carbocycles. The van der Waals surface area contributed by atoms with Gasteiger partial charge in [0.05, 0.1) is 11.4 Å². The van der Waals surface area contributed by atoms with Crippen molar-refractivity contribution < 1.29 is 4.39 Å². The summed E-state index contributed by atoms with van der Waals surface area (Å²) in [5.74, 6) is -0.299. The Balaban J connectivity index is 2.37. The molecule has 2 aromatic rings. The first kappa shape index (κ1) is 11.5. The lowest BCUT2D eigenvalue weighted by Gasteiger charge is -2.12. The zero-order valence-corrected chi connectivity index (χ0v) is 9.92. The fourth-order valence-corrected chi connectivity index (χ4v) is 1.65. The lowest BCUT2D eigenvalue weighted by atomic mass is 10.1. The van der Waals surface area contributed by atoms with E-state index >= 15 is 0 Å². The zero-order chi connectivity index (χ0) is 12.4. The third kappa shape index (κ3) is 2.56. The van der Waals surface area contributed by atoms with Crippen LogP contribution >= 0.6 is 0 Å². The molecule has 0 atom stereocenters.